The number of carbonyl (C=O) groups excluding carboxylic acids is 1. The molecule has 2 fully saturated rings. The Balaban J connectivity index is 1.20. The Labute approximate surface area is 188 Å². The van der Waals surface area contributed by atoms with Crippen molar-refractivity contribution in [2.45, 2.75) is 64.6 Å². The number of pyridine rings is 1. The van der Waals surface area contributed by atoms with Crippen molar-refractivity contribution < 1.29 is 13.9 Å². The highest BCUT2D eigenvalue weighted by molar-refractivity contribution is 6.08. The molecule has 0 aromatic carbocycles. The second-order valence-electron chi connectivity index (χ2n) is 9.99. The lowest BCUT2D eigenvalue weighted by Gasteiger charge is -2.25. The third kappa shape index (κ3) is 3.34. The van der Waals surface area contributed by atoms with Crippen molar-refractivity contribution in [2.24, 2.45) is 16.4 Å². The molecule has 168 valence electrons. The minimum atomic E-state index is -0.147. The van der Waals surface area contributed by atoms with Crippen LogP contribution in [-0.2, 0) is 17.7 Å². The number of furan rings is 1. The molecule has 2 aromatic heterocycles. The fraction of sp³-hybridized carbons (Fsp3) is 0.560. The number of hydrazone groups is 1. The van der Waals surface area contributed by atoms with E-state index in [0.717, 1.165) is 54.2 Å². The van der Waals surface area contributed by atoms with Crippen LogP contribution in [0.15, 0.2) is 33.9 Å². The highest BCUT2D eigenvalue weighted by Gasteiger charge is 2.49. The monoisotopic (exact) mass is 434 g/mol. The van der Waals surface area contributed by atoms with E-state index in [0.29, 0.717) is 36.2 Å². The molecular formula is C25H30N4O3. The Morgan fingerprint density at radius 1 is 1.34 bits per heavy atom. The number of carbonyl (C=O) groups is 1. The van der Waals surface area contributed by atoms with E-state index in [1.165, 1.54) is 12.8 Å². The Bertz CT molecular complexity index is 1070. The Hall–Kier alpha value is -2.67. The number of nitrogens with zero attached hydrogens (tertiary/aromatic N) is 3. The molecule has 7 heteroatoms. The minimum absolute atomic E-state index is 0.121. The number of hydrogen-bond donors (Lipinski definition) is 1. The Morgan fingerprint density at radius 3 is 2.97 bits per heavy atom. The fourth-order valence-electron chi connectivity index (χ4n) is 5.62. The van der Waals surface area contributed by atoms with Gasteiger partial charge in [0.25, 0.3) is 5.91 Å². The third-order valence-corrected chi connectivity index (χ3v) is 7.79. The average molecular weight is 435 g/mol. The molecule has 2 aromatic rings. The maximum atomic E-state index is 13.0. The van der Waals surface area contributed by atoms with E-state index in [1.807, 2.05) is 31.3 Å². The molecule has 3 atom stereocenters. The lowest BCUT2D eigenvalue weighted by atomic mass is 9.81. The van der Waals surface area contributed by atoms with Crippen molar-refractivity contribution in [1.29, 1.82) is 0 Å². The van der Waals surface area contributed by atoms with E-state index in [1.54, 1.807) is 0 Å². The Kier molecular flexibility index (Phi) is 4.64. The SMILES string of the molecule is Cc1c(C(=O)NCC2CC3(CC3)CO2)oc2c1C1=NN(Cc3ccccn3)C(C)C1CC2. The summed E-state index contributed by atoms with van der Waals surface area (Å²) in [6.45, 7) is 6.29. The zero-order chi connectivity index (χ0) is 21.9. The topological polar surface area (TPSA) is 80.0 Å². The molecule has 1 saturated carbocycles. The van der Waals surface area contributed by atoms with Crippen LogP contribution in [0.25, 0.3) is 0 Å². The normalized spacial score (nSPS) is 27.2. The van der Waals surface area contributed by atoms with Crippen molar-refractivity contribution >= 4 is 11.6 Å². The van der Waals surface area contributed by atoms with E-state index >= 15 is 0 Å². The molecule has 3 unspecified atom stereocenters. The quantitative estimate of drug-likeness (QED) is 0.780. The lowest BCUT2D eigenvalue weighted by molar-refractivity contribution is 0.0822. The maximum absolute atomic E-state index is 13.0. The van der Waals surface area contributed by atoms with E-state index in [4.69, 9.17) is 14.3 Å². The van der Waals surface area contributed by atoms with Gasteiger partial charge >= 0.3 is 0 Å². The van der Waals surface area contributed by atoms with E-state index in [-0.39, 0.29) is 12.0 Å². The van der Waals surface area contributed by atoms with Crippen LogP contribution in [0, 0.1) is 18.3 Å². The second-order valence-corrected chi connectivity index (χ2v) is 9.99. The number of rotatable bonds is 5. The van der Waals surface area contributed by atoms with Crippen LogP contribution >= 0.6 is 0 Å². The van der Waals surface area contributed by atoms with Gasteiger partial charge in [-0.1, -0.05) is 6.07 Å². The summed E-state index contributed by atoms with van der Waals surface area (Å²) < 4.78 is 12.0. The zero-order valence-corrected chi connectivity index (χ0v) is 18.8. The van der Waals surface area contributed by atoms with Crippen LogP contribution < -0.4 is 5.32 Å². The zero-order valence-electron chi connectivity index (χ0n) is 18.8. The average Bonchev–Trinajstić information content (AvgIpc) is 3.14. The third-order valence-electron chi connectivity index (χ3n) is 7.79. The summed E-state index contributed by atoms with van der Waals surface area (Å²) >= 11 is 0. The summed E-state index contributed by atoms with van der Waals surface area (Å²) in [7, 11) is 0. The summed E-state index contributed by atoms with van der Waals surface area (Å²) in [5.41, 5.74) is 4.43. The molecule has 2 aliphatic heterocycles. The highest BCUT2D eigenvalue weighted by Crippen LogP contribution is 2.53. The number of ether oxygens (including phenoxy) is 1. The van der Waals surface area contributed by atoms with Crippen molar-refractivity contribution in [1.82, 2.24) is 15.3 Å². The minimum Gasteiger partial charge on any atom is -0.455 e. The number of nitrogens with one attached hydrogen (secondary N) is 1. The summed E-state index contributed by atoms with van der Waals surface area (Å²) in [5.74, 6) is 1.52. The van der Waals surface area contributed by atoms with Gasteiger partial charge in [0, 0.05) is 36.2 Å². The summed E-state index contributed by atoms with van der Waals surface area (Å²) in [4.78, 5) is 17.4. The van der Waals surface area contributed by atoms with Gasteiger partial charge in [-0.3, -0.25) is 14.8 Å². The van der Waals surface area contributed by atoms with Gasteiger partial charge in [0.05, 0.1) is 36.7 Å². The maximum Gasteiger partial charge on any atom is 0.287 e. The molecule has 4 aliphatic rings. The van der Waals surface area contributed by atoms with Crippen molar-refractivity contribution in [3.8, 4) is 0 Å². The van der Waals surface area contributed by atoms with Crippen molar-refractivity contribution in [2.75, 3.05) is 13.2 Å². The molecule has 6 rings (SSSR count). The Morgan fingerprint density at radius 2 is 2.22 bits per heavy atom. The molecule has 0 radical (unpaired) electrons. The highest BCUT2D eigenvalue weighted by atomic mass is 16.5. The van der Waals surface area contributed by atoms with Gasteiger partial charge in [-0.2, -0.15) is 5.10 Å². The van der Waals surface area contributed by atoms with Crippen LogP contribution in [0.1, 0.15) is 65.7 Å². The predicted octanol–water partition coefficient (Wildman–Crippen LogP) is 3.45. The number of hydrogen-bond acceptors (Lipinski definition) is 6. The van der Waals surface area contributed by atoms with Crippen LogP contribution in [0.2, 0.25) is 0 Å². The molecule has 32 heavy (non-hydrogen) atoms. The second kappa shape index (κ2) is 7.44. The standard InChI is InChI=1S/C25H30N4O3/c1-15-21-20(32-23(15)24(30)27-12-18-11-25(8-9-25)14-31-18)7-6-19-16(2)29(28-22(19)21)13-17-5-3-4-10-26-17/h3-5,10,16,18-19H,6-9,11-14H2,1-2H3,(H,27,30). The largest absolute Gasteiger partial charge is 0.455 e. The van der Waals surface area contributed by atoms with Gasteiger partial charge in [-0.05, 0) is 57.1 Å². The van der Waals surface area contributed by atoms with Gasteiger partial charge in [0.15, 0.2) is 5.76 Å². The number of fused-ring (bicyclic) bond motifs is 3. The molecule has 1 N–H and O–H groups in total. The van der Waals surface area contributed by atoms with Gasteiger partial charge in [0.2, 0.25) is 0 Å². The number of aryl methyl sites for hydroxylation is 1. The number of aromatic nitrogens is 1. The number of amides is 1. The lowest BCUT2D eigenvalue weighted by Crippen LogP contribution is -2.33. The molecular weight excluding hydrogens is 404 g/mol. The van der Waals surface area contributed by atoms with Crippen LogP contribution in [0.3, 0.4) is 0 Å². The van der Waals surface area contributed by atoms with Gasteiger partial charge < -0.3 is 14.5 Å². The van der Waals surface area contributed by atoms with E-state index in [9.17, 15) is 4.79 Å². The summed E-state index contributed by atoms with van der Waals surface area (Å²) in [5, 5.41) is 10.2. The molecule has 1 spiro atoms. The first-order valence-electron chi connectivity index (χ1n) is 11.8. The summed E-state index contributed by atoms with van der Waals surface area (Å²) in [6.07, 6.45) is 7.35. The van der Waals surface area contributed by atoms with Gasteiger partial charge in [-0.25, -0.2) is 0 Å². The smallest absolute Gasteiger partial charge is 0.287 e. The van der Waals surface area contributed by atoms with Gasteiger partial charge in [0.1, 0.15) is 5.76 Å². The molecule has 1 amide bonds. The first-order chi connectivity index (χ1) is 15.5. The van der Waals surface area contributed by atoms with Gasteiger partial charge in [-0.15, -0.1) is 0 Å². The van der Waals surface area contributed by atoms with Crippen molar-refractivity contribution in [3.63, 3.8) is 0 Å². The first kappa shape index (κ1) is 20.0. The van der Waals surface area contributed by atoms with E-state index < -0.39 is 0 Å². The van der Waals surface area contributed by atoms with E-state index in [2.05, 4.69) is 22.2 Å². The summed E-state index contributed by atoms with van der Waals surface area (Å²) in [6, 6.07) is 6.26. The molecule has 7 nitrogen and oxygen atoms in total. The fourth-order valence-corrected chi connectivity index (χ4v) is 5.62. The van der Waals surface area contributed by atoms with Crippen molar-refractivity contribution in [3.05, 3.63) is 52.7 Å². The molecule has 4 heterocycles. The molecule has 0 bridgehead atoms. The first-order valence-corrected chi connectivity index (χ1v) is 11.8. The predicted molar refractivity (Wildman–Crippen MR) is 119 cm³/mol. The molecule has 2 aliphatic carbocycles. The van der Waals surface area contributed by atoms with Crippen LogP contribution in [-0.4, -0.2) is 46.9 Å². The van der Waals surface area contributed by atoms with Crippen LogP contribution in [0.4, 0.5) is 0 Å². The van der Waals surface area contributed by atoms with Crippen LogP contribution in [0.5, 0.6) is 0 Å². The molecule has 1 saturated heterocycles.